The van der Waals surface area contributed by atoms with Crippen LogP contribution in [0.3, 0.4) is 0 Å². The number of nitrogens with zero attached hydrogens (tertiary/aromatic N) is 3. The summed E-state index contributed by atoms with van der Waals surface area (Å²) in [5.41, 5.74) is 2.60. The van der Waals surface area contributed by atoms with Gasteiger partial charge in [0, 0.05) is 25.0 Å². The number of nitrogens with one attached hydrogen (secondary N) is 2. The van der Waals surface area contributed by atoms with E-state index in [4.69, 9.17) is 9.17 Å². The van der Waals surface area contributed by atoms with Crippen molar-refractivity contribution >= 4 is 21.9 Å². The third-order valence-electron chi connectivity index (χ3n) is 5.65. The predicted molar refractivity (Wildman–Crippen MR) is 130 cm³/mol. The van der Waals surface area contributed by atoms with Crippen LogP contribution in [-0.4, -0.2) is 60.0 Å². The van der Waals surface area contributed by atoms with Gasteiger partial charge in [-0.05, 0) is 56.6 Å². The molecule has 33 heavy (non-hydrogen) atoms. The zero-order valence-corrected chi connectivity index (χ0v) is 20.3. The molecule has 1 aliphatic carbocycles. The van der Waals surface area contributed by atoms with Crippen molar-refractivity contribution in [3.63, 3.8) is 0 Å². The van der Waals surface area contributed by atoms with Crippen LogP contribution in [0.1, 0.15) is 57.4 Å². The van der Waals surface area contributed by atoms with Crippen LogP contribution in [0.25, 0.3) is 11.3 Å². The van der Waals surface area contributed by atoms with Crippen molar-refractivity contribution in [3.05, 3.63) is 30.1 Å². The van der Waals surface area contributed by atoms with Crippen molar-refractivity contribution in [2.75, 3.05) is 30.0 Å². The fraction of sp³-hybridized carbons (Fsp3) is 0.609. The molecule has 182 valence electrons. The average Bonchev–Trinajstić information content (AvgIpc) is 2.79. The molecule has 3 rings (SSSR count). The lowest BCUT2D eigenvalue weighted by atomic mass is 9.93. The molecule has 0 spiro atoms. The number of aliphatic hydroxyl groups excluding tert-OH is 1. The molecule has 0 radical (unpaired) electrons. The zero-order valence-electron chi connectivity index (χ0n) is 19.5. The summed E-state index contributed by atoms with van der Waals surface area (Å²) < 4.78 is 26.9. The molecule has 0 bridgehead atoms. The molecular formula is C23H35N5O4S. The SMILES string of the molecule is CCCCNc1ncc(-c2ccc(CCCOS(C)(=O)=O)cn2)c(N[C@H]2CC[C@H](O)CC2)n1. The standard InChI is InChI=1S/C23H35N5O4S/c1-3-4-13-24-23-26-16-20(22(28-23)27-18-8-10-19(29)11-9-18)21-12-7-17(15-25-21)6-5-14-32-33(2,30)31/h7,12,15-16,18-19,29H,3-6,8-11,13-14H2,1-2H3,(H2,24,26,27,28)/t18-,19-. The van der Waals surface area contributed by atoms with Gasteiger partial charge in [0.05, 0.1) is 30.2 Å². The van der Waals surface area contributed by atoms with Gasteiger partial charge in [-0.15, -0.1) is 0 Å². The maximum atomic E-state index is 11.1. The van der Waals surface area contributed by atoms with E-state index in [0.717, 1.165) is 74.0 Å². The smallest absolute Gasteiger partial charge is 0.264 e. The van der Waals surface area contributed by atoms with E-state index < -0.39 is 10.1 Å². The highest BCUT2D eigenvalue weighted by molar-refractivity contribution is 7.85. The van der Waals surface area contributed by atoms with Crippen molar-refractivity contribution in [3.8, 4) is 11.3 Å². The minimum atomic E-state index is -3.41. The van der Waals surface area contributed by atoms with Gasteiger partial charge in [-0.25, -0.2) is 4.98 Å². The van der Waals surface area contributed by atoms with Gasteiger partial charge < -0.3 is 15.7 Å². The highest BCUT2D eigenvalue weighted by Crippen LogP contribution is 2.29. The summed E-state index contributed by atoms with van der Waals surface area (Å²) in [4.78, 5) is 13.8. The third-order valence-corrected chi connectivity index (χ3v) is 6.24. The van der Waals surface area contributed by atoms with Gasteiger partial charge in [0.15, 0.2) is 0 Å². The van der Waals surface area contributed by atoms with Crippen LogP contribution in [0.15, 0.2) is 24.5 Å². The molecule has 0 unspecified atom stereocenters. The highest BCUT2D eigenvalue weighted by Gasteiger charge is 2.21. The Morgan fingerprint density at radius 2 is 1.91 bits per heavy atom. The highest BCUT2D eigenvalue weighted by atomic mass is 32.2. The van der Waals surface area contributed by atoms with E-state index in [0.29, 0.717) is 18.8 Å². The Bertz CT molecular complexity index is 977. The fourth-order valence-electron chi connectivity index (χ4n) is 3.77. The molecule has 1 aliphatic rings. The lowest BCUT2D eigenvalue weighted by molar-refractivity contribution is 0.126. The van der Waals surface area contributed by atoms with Crippen LogP contribution in [0.5, 0.6) is 0 Å². The molecule has 1 saturated carbocycles. The van der Waals surface area contributed by atoms with Crippen LogP contribution < -0.4 is 10.6 Å². The summed E-state index contributed by atoms with van der Waals surface area (Å²) in [6.07, 6.45) is 11.2. The Labute approximate surface area is 196 Å². The number of rotatable bonds is 12. The molecule has 9 nitrogen and oxygen atoms in total. The summed E-state index contributed by atoms with van der Waals surface area (Å²) in [6, 6.07) is 4.17. The summed E-state index contributed by atoms with van der Waals surface area (Å²) >= 11 is 0. The van der Waals surface area contributed by atoms with E-state index >= 15 is 0 Å². The van der Waals surface area contributed by atoms with Gasteiger partial charge >= 0.3 is 0 Å². The number of unbranched alkanes of at least 4 members (excludes halogenated alkanes) is 1. The first kappa shape index (κ1) is 25.3. The molecular weight excluding hydrogens is 442 g/mol. The lowest BCUT2D eigenvalue weighted by Crippen LogP contribution is -2.29. The second kappa shape index (κ2) is 12.2. The second-order valence-electron chi connectivity index (χ2n) is 8.57. The number of aryl methyl sites for hydroxylation is 1. The number of aromatic nitrogens is 3. The van der Waals surface area contributed by atoms with Crippen LogP contribution >= 0.6 is 0 Å². The van der Waals surface area contributed by atoms with Crippen molar-refractivity contribution in [1.29, 1.82) is 0 Å². The second-order valence-corrected chi connectivity index (χ2v) is 10.2. The molecule has 2 aromatic rings. The molecule has 3 N–H and O–H groups in total. The zero-order chi connectivity index (χ0) is 23.7. The summed E-state index contributed by atoms with van der Waals surface area (Å²) in [6.45, 7) is 3.12. The monoisotopic (exact) mass is 477 g/mol. The van der Waals surface area contributed by atoms with Crippen LogP contribution in [0, 0.1) is 0 Å². The number of hydrogen-bond acceptors (Lipinski definition) is 9. The molecule has 2 aromatic heterocycles. The maximum Gasteiger partial charge on any atom is 0.264 e. The Kier molecular flexibility index (Phi) is 9.40. The predicted octanol–water partition coefficient (Wildman–Crippen LogP) is 3.37. The van der Waals surface area contributed by atoms with E-state index in [-0.39, 0.29) is 18.8 Å². The van der Waals surface area contributed by atoms with Crippen LogP contribution in [-0.2, 0) is 20.7 Å². The van der Waals surface area contributed by atoms with E-state index in [1.165, 1.54) is 0 Å². The van der Waals surface area contributed by atoms with Crippen LogP contribution in [0.2, 0.25) is 0 Å². The fourth-order valence-corrected chi connectivity index (χ4v) is 4.19. The molecule has 2 heterocycles. The quantitative estimate of drug-likeness (QED) is 0.311. The molecule has 0 saturated heterocycles. The maximum absolute atomic E-state index is 11.1. The first-order valence-electron chi connectivity index (χ1n) is 11.7. The number of anilines is 2. The molecule has 0 aromatic carbocycles. The first-order valence-corrected chi connectivity index (χ1v) is 13.5. The molecule has 1 fully saturated rings. The topological polar surface area (TPSA) is 126 Å². The minimum absolute atomic E-state index is 0.158. The summed E-state index contributed by atoms with van der Waals surface area (Å²) in [5.74, 6) is 1.33. The van der Waals surface area contributed by atoms with E-state index in [2.05, 4.69) is 27.5 Å². The van der Waals surface area contributed by atoms with Gasteiger partial charge in [0.2, 0.25) is 5.95 Å². The minimum Gasteiger partial charge on any atom is -0.393 e. The van der Waals surface area contributed by atoms with Gasteiger partial charge in [0.25, 0.3) is 10.1 Å². The van der Waals surface area contributed by atoms with Crippen molar-refractivity contribution < 1.29 is 17.7 Å². The van der Waals surface area contributed by atoms with Gasteiger partial charge in [0.1, 0.15) is 5.82 Å². The Balaban J connectivity index is 1.71. The van der Waals surface area contributed by atoms with Gasteiger partial charge in [-0.2, -0.15) is 13.4 Å². The lowest BCUT2D eigenvalue weighted by Gasteiger charge is -2.27. The Morgan fingerprint density at radius 1 is 1.12 bits per heavy atom. The van der Waals surface area contributed by atoms with Crippen molar-refractivity contribution in [1.82, 2.24) is 15.0 Å². The summed E-state index contributed by atoms with van der Waals surface area (Å²) in [7, 11) is -3.41. The van der Waals surface area contributed by atoms with E-state index in [1.807, 2.05) is 12.1 Å². The van der Waals surface area contributed by atoms with Gasteiger partial charge in [-0.1, -0.05) is 19.4 Å². The largest absolute Gasteiger partial charge is 0.393 e. The molecule has 0 amide bonds. The van der Waals surface area contributed by atoms with E-state index in [1.54, 1.807) is 12.4 Å². The Morgan fingerprint density at radius 3 is 2.58 bits per heavy atom. The van der Waals surface area contributed by atoms with E-state index in [9.17, 15) is 13.5 Å². The molecule has 10 heteroatoms. The molecule has 0 atom stereocenters. The van der Waals surface area contributed by atoms with Crippen LogP contribution in [0.4, 0.5) is 11.8 Å². The normalized spacial score (nSPS) is 18.8. The average molecular weight is 478 g/mol. The number of aliphatic hydroxyl groups is 1. The first-order chi connectivity index (χ1) is 15.8. The Hall–Kier alpha value is -2.30. The van der Waals surface area contributed by atoms with Crippen molar-refractivity contribution in [2.45, 2.75) is 70.4 Å². The van der Waals surface area contributed by atoms with Crippen molar-refractivity contribution in [2.24, 2.45) is 0 Å². The third kappa shape index (κ3) is 8.53. The van der Waals surface area contributed by atoms with Gasteiger partial charge in [-0.3, -0.25) is 9.17 Å². The summed E-state index contributed by atoms with van der Waals surface area (Å²) in [5, 5.41) is 16.7. The molecule has 0 aliphatic heterocycles. The number of pyridine rings is 1. The number of hydrogen-bond donors (Lipinski definition) is 3.